The van der Waals surface area contributed by atoms with Crippen LogP contribution in [0.5, 0.6) is 0 Å². The zero-order valence-electron chi connectivity index (χ0n) is 13.1. The molecule has 22 heavy (non-hydrogen) atoms. The predicted molar refractivity (Wildman–Crippen MR) is 90.5 cm³/mol. The van der Waals surface area contributed by atoms with E-state index in [1.807, 2.05) is 12.1 Å². The van der Waals surface area contributed by atoms with Crippen molar-refractivity contribution in [3.63, 3.8) is 0 Å². The topological polar surface area (TPSA) is 32.3 Å². The van der Waals surface area contributed by atoms with Crippen LogP contribution in [0.25, 0.3) is 10.9 Å². The standard InChI is InChI=1S/C17H21ClN4/c1-21(2)10-12-8-17(9-12)5-6-22(17)16-14-4-3-13(18)7-15(14)19-11-20-16/h3-4,7,11-12H,5-6,8-10H2,1-2H3. The summed E-state index contributed by atoms with van der Waals surface area (Å²) in [5.74, 6) is 1.90. The third kappa shape index (κ3) is 2.17. The Morgan fingerprint density at radius 3 is 2.82 bits per heavy atom. The third-order valence-corrected chi connectivity index (χ3v) is 5.40. The van der Waals surface area contributed by atoms with E-state index in [9.17, 15) is 0 Å². The van der Waals surface area contributed by atoms with Crippen LogP contribution in [0.2, 0.25) is 5.02 Å². The van der Waals surface area contributed by atoms with E-state index in [-0.39, 0.29) is 0 Å². The Hall–Kier alpha value is -1.39. The number of rotatable bonds is 3. The molecule has 5 heteroatoms. The molecule has 0 unspecified atom stereocenters. The minimum Gasteiger partial charge on any atom is -0.350 e. The van der Waals surface area contributed by atoms with Crippen molar-refractivity contribution in [2.75, 3.05) is 32.1 Å². The Bertz CT molecular complexity index is 709. The smallest absolute Gasteiger partial charge is 0.140 e. The third-order valence-electron chi connectivity index (χ3n) is 5.17. The second-order valence-corrected chi connectivity index (χ2v) is 7.46. The average Bonchev–Trinajstić information content (AvgIpc) is 2.40. The average molecular weight is 317 g/mol. The van der Waals surface area contributed by atoms with Crippen LogP contribution in [-0.4, -0.2) is 47.6 Å². The minimum absolute atomic E-state index is 0.349. The molecule has 1 spiro atoms. The maximum absolute atomic E-state index is 6.08. The fourth-order valence-corrected chi connectivity index (χ4v) is 4.35. The summed E-state index contributed by atoms with van der Waals surface area (Å²) in [7, 11) is 4.32. The Kier molecular flexibility index (Phi) is 3.27. The first kappa shape index (κ1) is 14.2. The van der Waals surface area contributed by atoms with Crippen LogP contribution in [0.15, 0.2) is 24.5 Å². The Morgan fingerprint density at radius 1 is 1.32 bits per heavy atom. The van der Waals surface area contributed by atoms with Gasteiger partial charge in [0, 0.05) is 29.0 Å². The molecule has 0 amide bonds. The van der Waals surface area contributed by atoms with Crippen molar-refractivity contribution in [1.82, 2.24) is 14.9 Å². The van der Waals surface area contributed by atoms with Gasteiger partial charge in [-0.3, -0.25) is 0 Å². The molecule has 2 aromatic rings. The summed E-state index contributed by atoms with van der Waals surface area (Å²) in [5, 5.41) is 1.84. The van der Waals surface area contributed by atoms with E-state index in [1.54, 1.807) is 6.33 Å². The van der Waals surface area contributed by atoms with Gasteiger partial charge in [0.1, 0.15) is 12.1 Å². The zero-order valence-corrected chi connectivity index (χ0v) is 13.8. The highest BCUT2D eigenvalue weighted by atomic mass is 35.5. The van der Waals surface area contributed by atoms with Crippen molar-refractivity contribution < 1.29 is 0 Å². The van der Waals surface area contributed by atoms with Gasteiger partial charge in [0.15, 0.2) is 0 Å². The zero-order chi connectivity index (χ0) is 15.3. The molecule has 0 bridgehead atoms. The molecule has 0 atom stereocenters. The predicted octanol–water partition coefficient (Wildman–Crippen LogP) is 3.20. The van der Waals surface area contributed by atoms with Gasteiger partial charge in [-0.25, -0.2) is 9.97 Å². The van der Waals surface area contributed by atoms with Crippen LogP contribution >= 0.6 is 11.6 Å². The van der Waals surface area contributed by atoms with Gasteiger partial charge in [-0.1, -0.05) is 11.6 Å². The normalized spacial score (nSPS) is 27.3. The largest absolute Gasteiger partial charge is 0.350 e. The van der Waals surface area contributed by atoms with Crippen molar-refractivity contribution in [3.8, 4) is 0 Å². The Morgan fingerprint density at radius 2 is 2.14 bits per heavy atom. The van der Waals surface area contributed by atoms with Crippen LogP contribution in [0.3, 0.4) is 0 Å². The molecule has 1 aliphatic carbocycles. The number of benzene rings is 1. The molecule has 1 aromatic heterocycles. The number of hydrogen-bond donors (Lipinski definition) is 0. The van der Waals surface area contributed by atoms with Gasteiger partial charge < -0.3 is 9.80 Å². The molecule has 0 radical (unpaired) electrons. The van der Waals surface area contributed by atoms with Crippen LogP contribution in [0.1, 0.15) is 19.3 Å². The van der Waals surface area contributed by atoms with Gasteiger partial charge in [0.2, 0.25) is 0 Å². The fraction of sp³-hybridized carbons (Fsp3) is 0.529. The lowest BCUT2D eigenvalue weighted by Crippen LogP contribution is -2.68. The molecule has 4 nitrogen and oxygen atoms in total. The number of nitrogens with zero attached hydrogens (tertiary/aromatic N) is 4. The Labute approximate surface area is 136 Å². The summed E-state index contributed by atoms with van der Waals surface area (Å²) in [5.41, 5.74) is 1.28. The summed E-state index contributed by atoms with van der Waals surface area (Å²) in [6.45, 7) is 2.29. The molecule has 1 aromatic carbocycles. The van der Waals surface area contributed by atoms with Crippen molar-refractivity contribution in [3.05, 3.63) is 29.5 Å². The number of halogens is 1. The lowest BCUT2D eigenvalue weighted by atomic mass is 9.61. The first-order valence-electron chi connectivity index (χ1n) is 7.90. The first-order chi connectivity index (χ1) is 10.6. The van der Waals surface area contributed by atoms with Crippen molar-refractivity contribution in [1.29, 1.82) is 0 Å². The molecule has 1 aliphatic heterocycles. The van der Waals surface area contributed by atoms with E-state index in [4.69, 9.17) is 11.6 Å². The van der Waals surface area contributed by atoms with Crippen LogP contribution in [-0.2, 0) is 0 Å². The van der Waals surface area contributed by atoms with E-state index in [1.165, 1.54) is 25.8 Å². The summed E-state index contributed by atoms with van der Waals surface area (Å²) in [6, 6.07) is 5.90. The molecule has 2 fully saturated rings. The monoisotopic (exact) mass is 316 g/mol. The molecular weight excluding hydrogens is 296 g/mol. The Balaban J connectivity index is 1.61. The van der Waals surface area contributed by atoms with Crippen molar-refractivity contribution in [2.45, 2.75) is 24.8 Å². The van der Waals surface area contributed by atoms with Crippen LogP contribution in [0.4, 0.5) is 5.82 Å². The van der Waals surface area contributed by atoms with Gasteiger partial charge in [-0.15, -0.1) is 0 Å². The molecule has 1 saturated heterocycles. The molecule has 4 rings (SSSR count). The highest BCUT2D eigenvalue weighted by Crippen LogP contribution is 2.52. The minimum atomic E-state index is 0.349. The maximum Gasteiger partial charge on any atom is 0.140 e. The van der Waals surface area contributed by atoms with Crippen molar-refractivity contribution >= 4 is 28.3 Å². The van der Waals surface area contributed by atoms with Crippen molar-refractivity contribution in [2.24, 2.45) is 5.92 Å². The SMILES string of the molecule is CN(C)CC1CC2(CCN2c2ncnc3cc(Cl)ccc23)C1. The maximum atomic E-state index is 6.08. The summed E-state index contributed by atoms with van der Waals surface area (Å²) in [6.07, 6.45) is 5.51. The first-order valence-corrected chi connectivity index (χ1v) is 8.28. The van der Waals surface area contributed by atoms with Crippen LogP contribution < -0.4 is 4.90 Å². The number of fused-ring (bicyclic) bond motifs is 1. The van der Waals surface area contributed by atoms with E-state index in [0.29, 0.717) is 5.54 Å². The second kappa shape index (κ2) is 5.07. The van der Waals surface area contributed by atoms with E-state index in [0.717, 1.165) is 34.2 Å². The number of hydrogen-bond acceptors (Lipinski definition) is 4. The van der Waals surface area contributed by atoms with E-state index < -0.39 is 0 Å². The molecule has 1 saturated carbocycles. The van der Waals surface area contributed by atoms with Gasteiger partial charge in [-0.2, -0.15) is 0 Å². The molecule has 116 valence electrons. The van der Waals surface area contributed by atoms with Gasteiger partial charge >= 0.3 is 0 Å². The summed E-state index contributed by atoms with van der Waals surface area (Å²) in [4.78, 5) is 13.7. The number of anilines is 1. The van der Waals surface area contributed by atoms with Crippen LogP contribution in [0, 0.1) is 5.92 Å². The van der Waals surface area contributed by atoms with Gasteiger partial charge in [0.05, 0.1) is 5.52 Å². The summed E-state index contributed by atoms with van der Waals surface area (Å²) >= 11 is 6.08. The van der Waals surface area contributed by atoms with Gasteiger partial charge in [-0.05, 0) is 57.5 Å². The quantitative estimate of drug-likeness (QED) is 0.870. The molecular formula is C17H21ClN4. The van der Waals surface area contributed by atoms with E-state index >= 15 is 0 Å². The molecule has 0 N–H and O–H groups in total. The highest BCUT2D eigenvalue weighted by Gasteiger charge is 2.54. The lowest BCUT2D eigenvalue weighted by molar-refractivity contribution is 0.0614. The number of aromatic nitrogens is 2. The second-order valence-electron chi connectivity index (χ2n) is 7.02. The summed E-state index contributed by atoms with van der Waals surface area (Å²) < 4.78 is 0. The van der Waals surface area contributed by atoms with Gasteiger partial charge in [0.25, 0.3) is 0 Å². The lowest BCUT2D eigenvalue weighted by Gasteiger charge is -2.62. The fourth-order valence-electron chi connectivity index (χ4n) is 4.19. The molecule has 2 heterocycles. The molecule has 2 aliphatic rings. The van der Waals surface area contributed by atoms with E-state index in [2.05, 4.69) is 39.9 Å². The highest BCUT2D eigenvalue weighted by molar-refractivity contribution is 6.31.